The number of aliphatic hydroxyl groups is 1. The molecule has 2 atom stereocenters. The van der Waals surface area contributed by atoms with Crippen molar-refractivity contribution in [3.63, 3.8) is 0 Å². The predicted molar refractivity (Wildman–Crippen MR) is 249 cm³/mol. The van der Waals surface area contributed by atoms with Crippen LogP contribution < -0.4 is 16.6 Å². The number of hydrogen-bond donors (Lipinski definition) is 5. The number of phenolic OH excluding ortho intramolecular Hbond substituents is 2. The van der Waals surface area contributed by atoms with E-state index in [9.17, 15) is 52.5 Å². The van der Waals surface area contributed by atoms with Crippen molar-refractivity contribution in [1.82, 2.24) is 39.4 Å². The minimum absolute atomic E-state index is 0.0168. The number of aromatic amines is 1. The van der Waals surface area contributed by atoms with E-state index in [2.05, 4.69) is 15.5 Å². The van der Waals surface area contributed by atoms with Crippen molar-refractivity contribution in [2.75, 3.05) is 32.8 Å². The van der Waals surface area contributed by atoms with E-state index in [0.29, 0.717) is 57.4 Å². The van der Waals surface area contributed by atoms with Gasteiger partial charge in [-0.3, -0.25) is 14.5 Å². The largest absolute Gasteiger partial charge is 0.508 e. The molecule has 3 aliphatic heterocycles. The molecule has 3 aromatic heterocycles. The molecule has 1 fully saturated rings. The lowest BCUT2D eigenvalue weighted by Gasteiger charge is -2.34. The Hall–Kier alpha value is -7.59. The molecule has 0 radical (unpaired) electrons. The third-order valence-electron chi connectivity index (χ3n) is 14.4. The first-order valence-electron chi connectivity index (χ1n) is 23.4. The average Bonchev–Trinajstić information content (AvgIpc) is 3.91. The van der Waals surface area contributed by atoms with Crippen molar-refractivity contribution in [2.24, 2.45) is 0 Å². The number of phenols is 2. The number of carbonyl (C=O) groups excluding carboxylic acids is 3. The highest BCUT2D eigenvalue weighted by atomic mass is 19.4. The molecule has 5 N–H and O–H groups in total. The molecule has 1 unspecified atom stereocenters. The summed E-state index contributed by atoms with van der Waals surface area (Å²) in [6.07, 6.45) is -5.01. The molecule has 18 nitrogen and oxygen atoms in total. The third-order valence-corrected chi connectivity index (χ3v) is 14.4. The van der Waals surface area contributed by atoms with Gasteiger partial charge in [-0.05, 0) is 84.2 Å². The molecule has 1 saturated heterocycles. The van der Waals surface area contributed by atoms with Crippen LogP contribution in [0.15, 0.2) is 52.1 Å². The number of aromatic nitrogens is 5. The smallest absolute Gasteiger partial charge is 0.416 e. The zero-order valence-corrected chi connectivity index (χ0v) is 39.4. The van der Waals surface area contributed by atoms with Crippen LogP contribution in [0.1, 0.15) is 95.6 Å². The van der Waals surface area contributed by atoms with Crippen molar-refractivity contribution in [3.8, 4) is 40.0 Å². The number of fused-ring (bicyclic) bond motifs is 5. The first-order chi connectivity index (χ1) is 34.2. The molecule has 0 spiro atoms. The molecule has 2 amide bonds. The summed E-state index contributed by atoms with van der Waals surface area (Å²) in [5.41, 5.74) is -0.754. The fraction of sp³-hybridized carbons (Fsp3) is 0.380. The van der Waals surface area contributed by atoms with Gasteiger partial charge in [0.25, 0.3) is 11.5 Å². The number of benzene rings is 3. The fourth-order valence-corrected chi connectivity index (χ4v) is 10.5. The molecule has 6 heterocycles. The van der Waals surface area contributed by atoms with E-state index in [1.165, 1.54) is 33.7 Å². The molecule has 4 aliphatic rings. The number of piperazine rings is 1. The Labute approximate surface area is 406 Å². The number of ether oxygens (including phenoxy) is 2. The summed E-state index contributed by atoms with van der Waals surface area (Å²) < 4.78 is 72.5. The van der Waals surface area contributed by atoms with Crippen LogP contribution in [0.2, 0.25) is 0 Å². The van der Waals surface area contributed by atoms with Crippen molar-refractivity contribution in [1.29, 1.82) is 0 Å². The second kappa shape index (κ2) is 17.6. The normalized spacial score (nSPS) is 18.5. The molecule has 3 aromatic carbocycles. The van der Waals surface area contributed by atoms with Gasteiger partial charge in [0.05, 0.1) is 51.9 Å². The number of cyclic esters (lactones) is 1. The standard InChI is InChI=1S/C50H48F4N8O10/c1-5-49(70)33-16-37-43-30(20-61(37)45(66)31(33)21-71-46(49)67)42-35(9-8-27-24(4)34(51)17-36(56-43)41(27)42)55-40(65)22-72-48(69)60-12-10-59(11-13-60)19-25-6-7-26(14-32(25)50(52,53)54)62-44(57-58-47(62)68)29-15-28(23(2)3)38(63)18-39(29)64/h6-7,14-18,23,35,63-64,70H,5,8-13,19-22H2,1-4H3,(H,55,65)(H,58,68)/t35?,49-/m0/s1. The maximum Gasteiger partial charge on any atom is 0.416 e. The molecule has 0 saturated carbocycles. The van der Waals surface area contributed by atoms with Gasteiger partial charge < -0.3 is 39.6 Å². The highest BCUT2D eigenvalue weighted by Gasteiger charge is 2.46. The summed E-state index contributed by atoms with van der Waals surface area (Å²) in [5.74, 6) is -3.01. The first-order valence-corrected chi connectivity index (χ1v) is 23.4. The molecule has 22 heteroatoms. The minimum atomic E-state index is -4.84. The SMILES string of the molecule is CC[C@@]1(O)C(=O)OCc2c1cc1n(c2=O)Cc2c-1nc1cc(F)c(C)c3c1c2C(NC(=O)COC(=O)N1CCN(Cc2ccc(-n4c(-c5cc(C(C)C)c(O)cc5O)n[nH]c4=O)cc2C(F)(F)F)CC1)CC3. The molecule has 0 bridgehead atoms. The van der Waals surface area contributed by atoms with Crippen LogP contribution in [0.25, 0.3) is 39.4 Å². The number of hydrogen-bond acceptors (Lipinski definition) is 13. The second-order valence-electron chi connectivity index (χ2n) is 18.9. The predicted octanol–water partition coefficient (Wildman–Crippen LogP) is 5.68. The Balaban J connectivity index is 0.822. The number of H-pyrrole nitrogens is 1. The zero-order chi connectivity index (χ0) is 51.3. The van der Waals surface area contributed by atoms with Gasteiger partial charge in [0, 0.05) is 61.4 Å². The Kier molecular flexibility index (Phi) is 11.8. The fourth-order valence-electron chi connectivity index (χ4n) is 10.5. The van der Waals surface area contributed by atoms with E-state index >= 15 is 4.39 Å². The molecule has 6 aromatic rings. The third kappa shape index (κ3) is 7.92. The van der Waals surface area contributed by atoms with Crippen molar-refractivity contribution in [2.45, 2.75) is 90.4 Å². The van der Waals surface area contributed by atoms with Crippen LogP contribution >= 0.6 is 0 Å². The lowest BCUT2D eigenvalue weighted by atomic mass is 9.81. The van der Waals surface area contributed by atoms with Crippen LogP contribution in [0.3, 0.4) is 0 Å². The van der Waals surface area contributed by atoms with E-state index < -0.39 is 70.8 Å². The number of pyridine rings is 2. The maximum atomic E-state index is 15.4. The number of rotatable bonds is 9. The summed E-state index contributed by atoms with van der Waals surface area (Å²) in [7, 11) is 0. The van der Waals surface area contributed by atoms with Gasteiger partial charge in [-0.2, -0.15) is 18.3 Å². The van der Waals surface area contributed by atoms with Gasteiger partial charge in [-0.15, -0.1) is 0 Å². The number of amides is 2. The van der Waals surface area contributed by atoms with E-state index in [1.807, 2.05) is 0 Å². The molecular weight excluding hydrogens is 949 g/mol. The average molecular weight is 997 g/mol. The van der Waals surface area contributed by atoms with Crippen molar-refractivity contribution in [3.05, 3.63) is 119 Å². The van der Waals surface area contributed by atoms with Gasteiger partial charge in [0.2, 0.25) is 0 Å². The van der Waals surface area contributed by atoms with Crippen molar-refractivity contribution < 1.29 is 56.7 Å². The van der Waals surface area contributed by atoms with Crippen LogP contribution in [0.5, 0.6) is 11.5 Å². The quantitative estimate of drug-likeness (QED) is 0.0867. The highest BCUT2D eigenvalue weighted by molar-refractivity contribution is 5.94. The number of nitrogens with zero attached hydrogens (tertiary/aromatic N) is 6. The summed E-state index contributed by atoms with van der Waals surface area (Å²) in [6, 6.07) is 8.08. The Morgan fingerprint density at radius 1 is 1.01 bits per heavy atom. The topological polar surface area (TPSA) is 234 Å². The number of aryl methyl sites for hydroxylation is 1. The molecular formula is C50H48F4N8O10. The lowest BCUT2D eigenvalue weighted by Crippen LogP contribution is -2.49. The van der Waals surface area contributed by atoms with Crippen LogP contribution in [-0.2, 0) is 57.0 Å². The second-order valence-corrected chi connectivity index (χ2v) is 18.9. The summed E-state index contributed by atoms with van der Waals surface area (Å²) in [4.78, 5) is 74.5. The first kappa shape index (κ1) is 48.1. The zero-order valence-electron chi connectivity index (χ0n) is 39.4. The van der Waals surface area contributed by atoms with Gasteiger partial charge in [0.1, 0.15) is 23.9 Å². The Morgan fingerprint density at radius 2 is 1.76 bits per heavy atom. The number of aromatic hydroxyl groups is 2. The number of esters is 1. The van der Waals surface area contributed by atoms with Crippen LogP contribution in [0.4, 0.5) is 22.4 Å². The monoisotopic (exact) mass is 996 g/mol. The summed E-state index contributed by atoms with van der Waals surface area (Å²) in [5, 5.41) is 42.2. The molecule has 72 heavy (non-hydrogen) atoms. The number of nitrogens with one attached hydrogen (secondary N) is 2. The Morgan fingerprint density at radius 3 is 2.47 bits per heavy atom. The summed E-state index contributed by atoms with van der Waals surface area (Å²) in [6.45, 7) is 6.14. The van der Waals surface area contributed by atoms with Crippen LogP contribution in [-0.4, -0.2) is 100 Å². The van der Waals surface area contributed by atoms with Gasteiger partial charge in [-0.1, -0.05) is 26.8 Å². The number of carbonyl (C=O) groups is 3. The van der Waals surface area contributed by atoms with E-state index in [0.717, 1.165) is 16.7 Å². The van der Waals surface area contributed by atoms with E-state index in [-0.39, 0.29) is 103 Å². The maximum absolute atomic E-state index is 15.4. The highest BCUT2D eigenvalue weighted by Crippen LogP contribution is 2.46. The van der Waals surface area contributed by atoms with Crippen LogP contribution in [0, 0.1) is 12.7 Å². The van der Waals surface area contributed by atoms with Gasteiger partial charge in [-0.25, -0.2) is 33.4 Å². The summed E-state index contributed by atoms with van der Waals surface area (Å²) >= 11 is 0. The molecule has 10 rings (SSSR count). The van der Waals surface area contributed by atoms with Gasteiger partial charge in [0.15, 0.2) is 18.0 Å². The lowest BCUT2D eigenvalue weighted by molar-refractivity contribution is -0.172. The number of halogens is 4. The van der Waals surface area contributed by atoms with Gasteiger partial charge >= 0.3 is 23.9 Å². The minimum Gasteiger partial charge on any atom is -0.508 e. The molecule has 1 aliphatic carbocycles. The van der Waals surface area contributed by atoms with E-state index in [1.54, 1.807) is 38.7 Å². The molecule has 376 valence electrons. The Bertz CT molecular complexity index is 3410. The van der Waals surface area contributed by atoms with Crippen molar-refractivity contribution >= 4 is 28.9 Å². The number of alkyl halides is 3. The van der Waals surface area contributed by atoms with E-state index in [4.69, 9.17) is 14.5 Å².